The predicted octanol–water partition coefficient (Wildman–Crippen LogP) is 2.70. The van der Waals surface area contributed by atoms with Crippen molar-refractivity contribution in [3.05, 3.63) is 53.2 Å². The van der Waals surface area contributed by atoms with Crippen LogP contribution in [-0.4, -0.2) is 15.8 Å². The number of hydrogen-bond donors (Lipinski definition) is 1. The number of nitrogen functional groups attached to an aromatic ring is 1. The third-order valence-electron chi connectivity index (χ3n) is 2.83. The number of pyridine rings is 2. The van der Waals surface area contributed by atoms with Gasteiger partial charge < -0.3 is 5.73 Å². The molecule has 0 spiro atoms. The minimum atomic E-state index is 0.0356. The summed E-state index contributed by atoms with van der Waals surface area (Å²) < 4.78 is 1.03. The second kappa shape index (κ2) is 4.78. The Bertz CT molecular complexity index is 751. The van der Waals surface area contributed by atoms with Gasteiger partial charge in [-0.3, -0.25) is 9.78 Å². The van der Waals surface area contributed by atoms with Gasteiger partial charge in [0.25, 0.3) is 0 Å². The molecule has 0 aliphatic carbocycles. The summed E-state index contributed by atoms with van der Waals surface area (Å²) in [5.41, 5.74) is 8.02. The van der Waals surface area contributed by atoms with Crippen LogP contribution in [0.25, 0.3) is 10.2 Å². The lowest BCUT2D eigenvalue weighted by atomic mass is 10.1. The van der Waals surface area contributed by atoms with Gasteiger partial charge in [0.1, 0.15) is 5.82 Å². The van der Waals surface area contributed by atoms with Crippen molar-refractivity contribution >= 4 is 33.2 Å². The highest BCUT2D eigenvalue weighted by Crippen LogP contribution is 2.20. The third kappa shape index (κ3) is 2.46. The molecular weight excluding hydrogens is 258 g/mol. The van der Waals surface area contributed by atoms with Crippen LogP contribution in [0.3, 0.4) is 0 Å². The first-order valence-corrected chi connectivity index (χ1v) is 6.67. The number of nitrogens with zero attached hydrogens (tertiary/aromatic N) is 2. The quantitative estimate of drug-likeness (QED) is 0.742. The molecule has 3 rings (SSSR count). The highest BCUT2D eigenvalue weighted by atomic mass is 32.1. The maximum Gasteiger partial charge on any atom is 0.168 e. The van der Waals surface area contributed by atoms with Gasteiger partial charge in [-0.2, -0.15) is 0 Å². The average Bonchev–Trinajstić information content (AvgIpc) is 2.85. The summed E-state index contributed by atoms with van der Waals surface area (Å²) in [6, 6.07) is 7.35. The zero-order chi connectivity index (χ0) is 13.2. The van der Waals surface area contributed by atoms with E-state index in [0.717, 1.165) is 15.8 Å². The van der Waals surface area contributed by atoms with Gasteiger partial charge in [-0.05, 0) is 35.2 Å². The SMILES string of the molecule is Nc1cc(CC(=O)c2cnc3ccsc3c2)ccn1. The number of Topliss-reactive ketones (excluding diaryl/α,β-unsaturated/α-hetero) is 1. The molecule has 2 N–H and O–H groups in total. The number of carbonyl (C=O) groups excluding carboxylic acids is 1. The molecule has 0 fully saturated rings. The monoisotopic (exact) mass is 269 g/mol. The predicted molar refractivity (Wildman–Crippen MR) is 76.3 cm³/mol. The highest BCUT2D eigenvalue weighted by molar-refractivity contribution is 7.17. The Balaban J connectivity index is 1.87. The molecule has 0 saturated carbocycles. The minimum Gasteiger partial charge on any atom is -0.384 e. The van der Waals surface area contributed by atoms with Crippen LogP contribution in [0.5, 0.6) is 0 Å². The number of fused-ring (bicyclic) bond motifs is 1. The van der Waals surface area contributed by atoms with Crippen LogP contribution in [0.2, 0.25) is 0 Å². The molecule has 3 aromatic rings. The summed E-state index contributed by atoms with van der Waals surface area (Å²) in [5, 5.41) is 1.97. The normalized spacial score (nSPS) is 10.7. The lowest BCUT2D eigenvalue weighted by Crippen LogP contribution is -2.04. The Labute approximate surface area is 113 Å². The zero-order valence-corrected chi connectivity index (χ0v) is 10.9. The first-order valence-electron chi connectivity index (χ1n) is 5.79. The maximum absolute atomic E-state index is 12.2. The van der Waals surface area contributed by atoms with Gasteiger partial charge >= 0.3 is 0 Å². The fraction of sp³-hybridized carbons (Fsp3) is 0.0714. The van der Waals surface area contributed by atoms with Gasteiger partial charge in [0.15, 0.2) is 5.78 Å². The van der Waals surface area contributed by atoms with Crippen molar-refractivity contribution in [3.8, 4) is 0 Å². The number of aromatic nitrogens is 2. The number of rotatable bonds is 3. The Kier molecular flexibility index (Phi) is 2.97. The molecule has 0 unspecified atom stereocenters. The van der Waals surface area contributed by atoms with Crippen LogP contribution < -0.4 is 5.73 Å². The smallest absolute Gasteiger partial charge is 0.168 e. The second-order valence-corrected chi connectivity index (χ2v) is 5.16. The molecular formula is C14H11N3OS. The van der Waals surface area contributed by atoms with Crippen molar-refractivity contribution in [2.75, 3.05) is 5.73 Å². The summed E-state index contributed by atoms with van der Waals surface area (Å²) in [7, 11) is 0. The summed E-state index contributed by atoms with van der Waals surface area (Å²) >= 11 is 1.58. The molecule has 0 amide bonds. The van der Waals surface area contributed by atoms with Gasteiger partial charge in [0, 0.05) is 24.4 Å². The molecule has 0 saturated heterocycles. The van der Waals surface area contributed by atoms with E-state index < -0.39 is 0 Å². The first kappa shape index (κ1) is 11.8. The van der Waals surface area contributed by atoms with Crippen molar-refractivity contribution in [2.45, 2.75) is 6.42 Å². The van der Waals surface area contributed by atoms with E-state index in [1.54, 1.807) is 35.9 Å². The summed E-state index contributed by atoms with van der Waals surface area (Å²) in [6.07, 6.45) is 3.55. The van der Waals surface area contributed by atoms with Gasteiger partial charge in [-0.1, -0.05) is 0 Å². The molecule has 4 nitrogen and oxygen atoms in total. The Hall–Kier alpha value is -2.27. The van der Waals surface area contributed by atoms with Crippen molar-refractivity contribution in [3.63, 3.8) is 0 Å². The third-order valence-corrected chi connectivity index (χ3v) is 3.69. The maximum atomic E-state index is 12.2. The van der Waals surface area contributed by atoms with E-state index in [-0.39, 0.29) is 5.78 Å². The van der Waals surface area contributed by atoms with Gasteiger partial charge in [-0.25, -0.2) is 4.98 Å². The number of hydrogen-bond acceptors (Lipinski definition) is 5. The van der Waals surface area contributed by atoms with Crippen molar-refractivity contribution in [2.24, 2.45) is 0 Å². The van der Waals surface area contributed by atoms with Gasteiger partial charge in [-0.15, -0.1) is 11.3 Å². The standard InChI is InChI=1S/C14H11N3OS/c15-14-6-9(1-3-16-14)5-12(18)10-7-13-11(17-8-10)2-4-19-13/h1-4,6-8H,5H2,(H2,15,16). The average molecular weight is 269 g/mol. The van der Waals surface area contributed by atoms with E-state index in [4.69, 9.17) is 5.73 Å². The summed E-state index contributed by atoms with van der Waals surface area (Å²) in [4.78, 5) is 20.4. The van der Waals surface area contributed by atoms with E-state index in [0.29, 0.717) is 17.8 Å². The van der Waals surface area contributed by atoms with Crippen LogP contribution >= 0.6 is 11.3 Å². The minimum absolute atomic E-state index is 0.0356. The Morgan fingerprint density at radius 1 is 1.26 bits per heavy atom. The van der Waals surface area contributed by atoms with E-state index in [9.17, 15) is 4.79 Å². The van der Waals surface area contributed by atoms with Crippen LogP contribution in [0, 0.1) is 0 Å². The molecule has 5 heteroatoms. The van der Waals surface area contributed by atoms with E-state index in [1.807, 2.05) is 17.5 Å². The number of anilines is 1. The highest BCUT2D eigenvalue weighted by Gasteiger charge is 2.09. The lowest BCUT2D eigenvalue weighted by molar-refractivity contribution is 0.0993. The summed E-state index contributed by atoms with van der Waals surface area (Å²) in [5.74, 6) is 0.463. The Morgan fingerprint density at radius 3 is 3.00 bits per heavy atom. The molecule has 19 heavy (non-hydrogen) atoms. The molecule has 0 aliphatic rings. The first-order chi connectivity index (χ1) is 9.22. The van der Waals surface area contributed by atoms with Crippen LogP contribution in [0.4, 0.5) is 5.82 Å². The van der Waals surface area contributed by atoms with Crippen LogP contribution in [0.1, 0.15) is 15.9 Å². The van der Waals surface area contributed by atoms with Crippen molar-refractivity contribution in [1.29, 1.82) is 0 Å². The van der Waals surface area contributed by atoms with Crippen LogP contribution in [0.15, 0.2) is 42.0 Å². The molecule has 0 bridgehead atoms. The second-order valence-electron chi connectivity index (χ2n) is 4.22. The number of nitrogens with two attached hydrogens (primary N) is 1. The Morgan fingerprint density at radius 2 is 2.16 bits per heavy atom. The van der Waals surface area contributed by atoms with E-state index >= 15 is 0 Å². The molecule has 3 heterocycles. The van der Waals surface area contributed by atoms with Crippen LogP contribution in [-0.2, 0) is 6.42 Å². The summed E-state index contributed by atoms with van der Waals surface area (Å²) in [6.45, 7) is 0. The van der Waals surface area contributed by atoms with Gasteiger partial charge in [0.2, 0.25) is 0 Å². The van der Waals surface area contributed by atoms with Crippen molar-refractivity contribution in [1.82, 2.24) is 9.97 Å². The van der Waals surface area contributed by atoms with Crippen molar-refractivity contribution < 1.29 is 4.79 Å². The van der Waals surface area contributed by atoms with Gasteiger partial charge in [0.05, 0.1) is 10.2 Å². The topological polar surface area (TPSA) is 68.9 Å². The fourth-order valence-corrected chi connectivity index (χ4v) is 2.67. The molecule has 3 aromatic heterocycles. The molecule has 0 aliphatic heterocycles. The molecule has 0 aromatic carbocycles. The zero-order valence-electron chi connectivity index (χ0n) is 10.0. The molecule has 0 atom stereocenters. The number of ketones is 1. The molecule has 94 valence electrons. The number of thiophene rings is 1. The lowest BCUT2D eigenvalue weighted by Gasteiger charge is -2.02. The van der Waals surface area contributed by atoms with E-state index in [2.05, 4.69) is 9.97 Å². The fourth-order valence-electron chi connectivity index (χ4n) is 1.89. The molecule has 0 radical (unpaired) electrons. The largest absolute Gasteiger partial charge is 0.384 e. The van der Waals surface area contributed by atoms with E-state index in [1.165, 1.54) is 0 Å². The number of carbonyl (C=O) groups is 1.